The van der Waals surface area contributed by atoms with E-state index in [1.165, 1.54) is 0 Å². The SMILES string of the molecule is CCON.NC=O. The Morgan fingerprint density at radius 2 is 2.00 bits per heavy atom. The fraction of sp³-hybridized carbons (Fsp3) is 0.667. The van der Waals surface area contributed by atoms with Gasteiger partial charge >= 0.3 is 0 Å². The second kappa shape index (κ2) is 18.2. The molecule has 0 atom stereocenters. The van der Waals surface area contributed by atoms with Gasteiger partial charge in [-0.15, -0.1) is 0 Å². The molecular weight excluding hydrogens is 96.0 g/mol. The van der Waals surface area contributed by atoms with E-state index in [9.17, 15) is 0 Å². The Kier molecular flexibility index (Phi) is 25.0. The van der Waals surface area contributed by atoms with Crippen LogP contribution in [0.15, 0.2) is 0 Å². The molecule has 4 N–H and O–H groups in total. The van der Waals surface area contributed by atoms with Gasteiger partial charge in [-0.3, -0.25) is 4.79 Å². The fourth-order valence-corrected chi connectivity index (χ4v) is 0. The maximum Gasteiger partial charge on any atom is 0.204 e. The van der Waals surface area contributed by atoms with E-state index in [1.807, 2.05) is 6.92 Å². The summed E-state index contributed by atoms with van der Waals surface area (Å²) in [6, 6.07) is 0. The van der Waals surface area contributed by atoms with Gasteiger partial charge < -0.3 is 10.6 Å². The van der Waals surface area contributed by atoms with Crippen LogP contribution in [0.2, 0.25) is 0 Å². The second-order valence-electron chi connectivity index (χ2n) is 0.591. The van der Waals surface area contributed by atoms with Crippen molar-refractivity contribution in [2.45, 2.75) is 6.92 Å². The van der Waals surface area contributed by atoms with Crippen LogP contribution < -0.4 is 11.6 Å². The van der Waals surface area contributed by atoms with Crippen LogP contribution in [0, 0.1) is 0 Å². The van der Waals surface area contributed by atoms with Crippen molar-refractivity contribution < 1.29 is 9.63 Å². The molecule has 0 aromatic carbocycles. The van der Waals surface area contributed by atoms with E-state index in [0.29, 0.717) is 6.61 Å². The Morgan fingerprint density at radius 1 is 1.86 bits per heavy atom. The smallest absolute Gasteiger partial charge is 0.204 e. The molecule has 1 amide bonds. The summed E-state index contributed by atoms with van der Waals surface area (Å²) in [5.74, 6) is 4.53. The van der Waals surface area contributed by atoms with Crippen LogP contribution >= 0.6 is 0 Å². The number of carbonyl (C=O) groups is 1. The lowest BCUT2D eigenvalue weighted by Gasteiger charge is -1.76. The topological polar surface area (TPSA) is 78.3 Å². The van der Waals surface area contributed by atoms with Crippen molar-refractivity contribution in [3.05, 3.63) is 0 Å². The summed E-state index contributed by atoms with van der Waals surface area (Å²) >= 11 is 0. The number of primary amides is 1. The highest BCUT2D eigenvalue weighted by Crippen LogP contribution is 1.46. The molecule has 0 aliphatic rings. The van der Waals surface area contributed by atoms with Crippen LogP contribution in [-0.2, 0) is 9.63 Å². The molecule has 4 nitrogen and oxygen atoms in total. The summed E-state index contributed by atoms with van der Waals surface area (Å²) in [4.78, 5) is 12.6. The van der Waals surface area contributed by atoms with E-state index in [1.54, 1.807) is 0 Å². The Balaban J connectivity index is 0. The first-order valence-electron chi connectivity index (χ1n) is 1.80. The van der Waals surface area contributed by atoms with Crippen molar-refractivity contribution in [3.8, 4) is 0 Å². The number of carbonyl (C=O) groups excluding carboxylic acids is 1. The van der Waals surface area contributed by atoms with E-state index >= 15 is 0 Å². The molecule has 0 unspecified atom stereocenters. The second-order valence-corrected chi connectivity index (χ2v) is 0.591. The maximum absolute atomic E-state index is 8.58. The van der Waals surface area contributed by atoms with Crippen molar-refractivity contribution in [1.82, 2.24) is 0 Å². The predicted molar refractivity (Wildman–Crippen MR) is 26.1 cm³/mol. The summed E-state index contributed by atoms with van der Waals surface area (Å²) < 4.78 is 0. The van der Waals surface area contributed by atoms with Gasteiger partial charge in [0, 0.05) is 0 Å². The largest absolute Gasteiger partial charge is 0.372 e. The van der Waals surface area contributed by atoms with Crippen LogP contribution in [0.1, 0.15) is 6.92 Å². The van der Waals surface area contributed by atoms with Crippen LogP contribution in [0.5, 0.6) is 0 Å². The minimum Gasteiger partial charge on any atom is -0.372 e. The average molecular weight is 106 g/mol. The molecular formula is C3H10N2O2. The van der Waals surface area contributed by atoms with Crippen molar-refractivity contribution in [3.63, 3.8) is 0 Å². The first-order chi connectivity index (χ1) is 3.33. The first kappa shape index (κ1) is 9.63. The van der Waals surface area contributed by atoms with Gasteiger partial charge in [-0.1, -0.05) is 0 Å². The van der Waals surface area contributed by atoms with Gasteiger partial charge in [0.15, 0.2) is 0 Å². The monoisotopic (exact) mass is 106 g/mol. The van der Waals surface area contributed by atoms with Gasteiger partial charge in [0.05, 0.1) is 6.61 Å². The highest BCUT2D eigenvalue weighted by atomic mass is 16.6. The van der Waals surface area contributed by atoms with Crippen molar-refractivity contribution in [1.29, 1.82) is 0 Å². The van der Waals surface area contributed by atoms with Gasteiger partial charge in [0.25, 0.3) is 0 Å². The maximum atomic E-state index is 8.58. The zero-order valence-corrected chi connectivity index (χ0v) is 4.26. The zero-order valence-electron chi connectivity index (χ0n) is 4.26. The highest BCUT2D eigenvalue weighted by Gasteiger charge is 1.52. The normalized spacial score (nSPS) is 6.00. The molecule has 0 aliphatic carbocycles. The standard InChI is InChI=1S/C2H7NO.CH3NO/c1-2-4-3;2-1-3/h2-3H2,1H3;1H,(H2,2,3). The third-order valence-corrected chi connectivity index (χ3v) is 0.167. The van der Waals surface area contributed by atoms with E-state index in [0.717, 1.165) is 0 Å². The van der Waals surface area contributed by atoms with Gasteiger partial charge in [-0.25, -0.2) is 5.90 Å². The van der Waals surface area contributed by atoms with Crippen LogP contribution in [-0.4, -0.2) is 13.0 Å². The summed E-state index contributed by atoms with van der Waals surface area (Å²) in [6.45, 7) is 2.43. The van der Waals surface area contributed by atoms with Crippen LogP contribution in [0.4, 0.5) is 0 Å². The number of amides is 1. The molecule has 0 radical (unpaired) electrons. The van der Waals surface area contributed by atoms with Gasteiger partial charge in [0.2, 0.25) is 6.41 Å². The number of hydrogen-bond acceptors (Lipinski definition) is 3. The van der Waals surface area contributed by atoms with Gasteiger partial charge in [0.1, 0.15) is 0 Å². The molecule has 4 heteroatoms. The molecule has 0 aromatic rings. The van der Waals surface area contributed by atoms with E-state index in [4.69, 9.17) is 4.79 Å². The molecule has 0 aliphatic heterocycles. The molecule has 0 rings (SSSR count). The Morgan fingerprint density at radius 3 is 2.00 bits per heavy atom. The van der Waals surface area contributed by atoms with Crippen molar-refractivity contribution in [2.24, 2.45) is 11.6 Å². The molecule has 0 bridgehead atoms. The molecule has 0 fully saturated rings. The predicted octanol–water partition coefficient (Wildman–Crippen LogP) is -1.00. The molecule has 0 heterocycles. The molecule has 0 spiro atoms. The third-order valence-electron chi connectivity index (χ3n) is 0.167. The van der Waals surface area contributed by atoms with Crippen LogP contribution in [0.25, 0.3) is 0 Å². The van der Waals surface area contributed by atoms with Crippen molar-refractivity contribution in [2.75, 3.05) is 6.61 Å². The first-order valence-corrected chi connectivity index (χ1v) is 1.80. The average Bonchev–Trinajstić information content (AvgIpc) is 1.69. The molecule has 44 valence electrons. The van der Waals surface area contributed by atoms with E-state index in [-0.39, 0.29) is 6.41 Å². The Hall–Kier alpha value is -0.610. The van der Waals surface area contributed by atoms with E-state index < -0.39 is 0 Å². The molecule has 0 saturated heterocycles. The van der Waals surface area contributed by atoms with Gasteiger partial charge in [-0.2, -0.15) is 0 Å². The molecule has 0 saturated carbocycles. The number of nitrogens with two attached hydrogens (primary N) is 2. The summed E-state index contributed by atoms with van der Waals surface area (Å²) in [6.07, 6.45) is 0.250. The lowest BCUT2D eigenvalue weighted by Crippen LogP contribution is -1.94. The number of rotatable bonds is 1. The minimum absolute atomic E-state index is 0.250. The highest BCUT2D eigenvalue weighted by molar-refractivity contribution is 5.42. The minimum atomic E-state index is 0.250. The lowest BCUT2D eigenvalue weighted by molar-refractivity contribution is -0.106. The summed E-state index contributed by atoms with van der Waals surface area (Å²) in [7, 11) is 0. The molecule has 0 aromatic heterocycles. The van der Waals surface area contributed by atoms with E-state index in [2.05, 4.69) is 16.5 Å². The zero-order chi connectivity index (χ0) is 6.12. The summed E-state index contributed by atoms with van der Waals surface area (Å²) in [5, 5.41) is 0. The van der Waals surface area contributed by atoms with Crippen LogP contribution in [0.3, 0.4) is 0 Å². The molecule has 7 heavy (non-hydrogen) atoms. The Labute approximate surface area is 42.4 Å². The Bertz CT molecular complexity index is 30.1. The fourth-order valence-electron chi connectivity index (χ4n) is 0. The quantitative estimate of drug-likeness (QED) is 0.332. The summed E-state index contributed by atoms with van der Waals surface area (Å²) in [5.41, 5.74) is 4.17. The van der Waals surface area contributed by atoms with Crippen molar-refractivity contribution >= 4 is 6.41 Å². The van der Waals surface area contributed by atoms with Gasteiger partial charge in [-0.05, 0) is 6.92 Å². The lowest BCUT2D eigenvalue weighted by atomic mass is 10.9. The third kappa shape index (κ3) is 407. The number of hydrogen-bond donors (Lipinski definition) is 2.